The number of rotatable bonds is 5. The molecule has 0 heterocycles. The maximum atomic E-state index is 12.4. The molecule has 0 radical (unpaired) electrons. The van der Waals surface area contributed by atoms with Crippen LogP contribution in [0, 0.1) is 13.7 Å². The Morgan fingerprint density at radius 3 is 2.50 bits per heavy atom. The molecule has 0 amide bonds. The van der Waals surface area contributed by atoms with E-state index in [9.17, 15) is 18.5 Å². The normalized spacial score (nSPS) is 11.0. The first-order chi connectivity index (χ1) is 10.3. The second-order valence-corrected chi connectivity index (χ2v) is 6.99. The first-order valence-corrected chi connectivity index (χ1v) is 8.51. The minimum Gasteiger partial charge on any atom is -0.497 e. The lowest BCUT2D eigenvalue weighted by Gasteiger charge is -2.10. The number of methoxy groups -OCH3 is 1. The molecule has 0 fully saturated rings. The molecule has 0 aromatic heterocycles. The number of hydrogen-bond donors (Lipinski definition) is 1. The number of hydrogen-bond acceptors (Lipinski definition) is 5. The Morgan fingerprint density at radius 1 is 1.23 bits per heavy atom. The predicted molar refractivity (Wildman–Crippen MR) is 89.6 cm³/mol. The van der Waals surface area contributed by atoms with Crippen LogP contribution in [0.1, 0.15) is 0 Å². The number of anilines is 1. The highest BCUT2D eigenvalue weighted by Gasteiger charge is 2.27. The number of halogens is 1. The molecule has 2 rings (SSSR count). The zero-order valence-corrected chi connectivity index (χ0v) is 14.3. The van der Waals surface area contributed by atoms with Gasteiger partial charge in [0.05, 0.1) is 23.8 Å². The van der Waals surface area contributed by atoms with Crippen LogP contribution in [-0.2, 0) is 10.0 Å². The van der Waals surface area contributed by atoms with Crippen molar-refractivity contribution < 1.29 is 18.1 Å². The fourth-order valence-corrected chi connectivity index (χ4v) is 3.68. The maximum absolute atomic E-state index is 12.4. The first-order valence-electron chi connectivity index (χ1n) is 5.95. The van der Waals surface area contributed by atoms with Gasteiger partial charge >= 0.3 is 0 Å². The van der Waals surface area contributed by atoms with Crippen LogP contribution in [0.2, 0.25) is 0 Å². The van der Waals surface area contributed by atoms with E-state index in [1.165, 1.54) is 13.2 Å². The number of sulfonamides is 1. The van der Waals surface area contributed by atoms with E-state index in [-0.39, 0.29) is 5.75 Å². The highest BCUT2D eigenvalue weighted by molar-refractivity contribution is 14.1. The van der Waals surface area contributed by atoms with Gasteiger partial charge in [0.1, 0.15) is 5.75 Å². The molecule has 0 atom stereocenters. The van der Waals surface area contributed by atoms with Gasteiger partial charge in [-0.1, -0.05) is 12.1 Å². The minimum absolute atomic E-state index is 0.208. The van der Waals surface area contributed by atoms with E-state index >= 15 is 0 Å². The van der Waals surface area contributed by atoms with Crippen molar-refractivity contribution in [3.63, 3.8) is 0 Å². The molecule has 0 saturated heterocycles. The fraction of sp³-hybridized carbons (Fsp3) is 0.0769. The monoisotopic (exact) mass is 434 g/mol. The lowest BCUT2D eigenvalue weighted by atomic mass is 10.3. The van der Waals surface area contributed by atoms with Crippen molar-refractivity contribution in [3.05, 3.63) is 56.1 Å². The second kappa shape index (κ2) is 6.48. The number of nitrogens with zero attached hydrogens (tertiary/aromatic N) is 1. The van der Waals surface area contributed by atoms with E-state index < -0.39 is 25.5 Å². The zero-order valence-electron chi connectivity index (χ0n) is 11.3. The molecular formula is C13H11IN2O5S. The Hall–Kier alpha value is -1.88. The van der Waals surface area contributed by atoms with Crippen molar-refractivity contribution >= 4 is 44.0 Å². The van der Waals surface area contributed by atoms with Crippen LogP contribution < -0.4 is 9.46 Å². The van der Waals surface area contributed by atoms with E-state index in [2.05, 4.69) is 4.72 Å². The minimum atomic E-state index is -4.09. The number of ether oxygens (including phenoxy) is 1. The van der Waals surface area contributed by atoms with Crippen molar-refractivity contribution in [1.82, 2.24) is 0 Å². The lowest BCUT2D eigenvalue weighted by Crippen LogP contribution is -2.15. The van der Waals surface area contributed by atoms with Gasteiger partial charge in [0.2, 0.25) is 0 Å². The molecule has 0 unspecified atom stereocenters. The Balaban J connectivity index is 2.50. The number of nitro benzene ring substituents is 1. The van der Waals surface area contributed by atoms with Crippen molar-refractivity contribution in [2.24, 2.45) is 0 Å². The van der Waals surface area contributed by atoms with Gasteiger partial charge in [-0.15, -0.1) is 0 Å². The number of para-hydroxylation sites is 1. The first kappa shape index (κ1) is 16.5. The van der Waals surface area contributed by atoms with Crippen molar-refractivity contribution in [2.75, 3.05) is 11.8 Å². The molecule has 22 heavy (non-hydrogen) atoms. The summed E-state index contributed by atoms with van der Waals surface area (Å²) >= 11 is 1.97. The molecule has 1 N–H and O–H groups in total. The van der Waals surface area contributed by atoms with Crippen LogP contribution in [0.25, 0.3) is 0 Å². The Kier molecular flexibility index (Phi) is 4.86. The molecule has 0 bridgehead atoms. The molecule has 0 aliphatic carbocycles. The van der Waals surface area contributed by atoms with Crippen LogP contribution >= 0.6 is 22.6 Å². The quantitative estimate of drug-likeness (QED) is 0.443. The van der Waals surface area contributed by atoms with Gasteiger partial charge in [0.15, 0.2) is 4.90 Å². The summed E-state index contributed by atoms with van der Waals surface area (Å²) in [6, 6.07) is 10.3. The predicted octanol–water partition coefficient (Wildman–Crippen LogP) is 3.01. The SMILES string of the molecule is COc1ccc(S(=O)(=O)Nc2ccccc2I)c([N+](=O)[O-])c1. The molecule has 0 saturated carbocycles. The summed E-state index contributed by atoms with van der Waals surface area (Å²) in [4.78, 5) is 9.94. The highest BCUT2D eigenvalue weighted by atomic mass is 127. The largest absolute Gasteiger partial charge is 0.497 e. The Labute approximate surface area is 140 Å². The van der Waals surface area contributed by atoms with Crippen molar-refractivity contribution in [1.29, 1.82) is 0 Å². The van der Waals surface area contributed by atoms with Gasteiger partial charge in [-0.25, -0.2) is 8.42 Å². The summed E-state index contributed by atoms with van der Waals surface area (Å²) in [5.74, 6) is 0.208. The number of benzene rings is 2. The van der Waals surface area contributed by atoms with E-state index in [0.29, 0.717) is 9.26 Å². The molecule has 116 valence electrons. The third-order valence-corrected chi connectivity index (χ3v) is 5.12. The van der Waals surface area contributed by atoms with Crippen LogP contribution in [0.5, 0.6) is 5.75 Å². The average molecular weight is 434 g/mol. The molecule has 0 aliphatic rings. The van der Waals surface area contributed by atoms with Gasteiger partial charge < -0.3 is 4.74 Å². The van der Waals surface area contributed by atoms with E-state index in [1.54, 1.807) is 24.3 Å². The van der Waals surface area contributed by atoms with Gasteiger partial charge in [-0.05, 0) is 46.9 Å². The lowest BCUT2D eigenvalue weighted by molar-refractivity contribution is -0.387. The van der Waals surface area contributed by atoms with Gasteiger partial charge in [-0.2, -0.15) is 0 Å². The van der Waals surface area contributed by atoms with E-state index in [1.807, 2.05) is 22.6 Å². The van der Waals surface area contributed by atoms with E-state index in [0.717, 1.165) is 12.1 Å². The second-order valence-electron chi connectivity index (χ2n) is 4.18. The van der Waals surface area contributed by atoms with Crippen molar-refractivity contribution in [3.8, 4) is 5.75 Å². The molecule has 7 nitrogen and oxygen atoms in total. The van der Waals surface area contributed by atoms with E-state index in [4.69, 9.17) is 4.74 Å². The summed E-state index contributed by atoms with van der Waals surface area (Å²) < 4.78 is 32.8. The van der Waals surface area contributed by atoms with Crippen LogP contribution in [0.15, 0.2) is 47.4 Å². The third kappa shape index (κ3) is 3.47. The van der Waals surface area contributed by atoms with Crippen molar-refractivity contribution in [2.45, 2.75) is 4.90 Å². The highest BCUT2D eigenvalue weighted by Crippen LogP contribution is 2.30. The van der Waals surface area contributed by atoms with Gasteiger partial charge in [0, 0.05) is 3.57 Å². The molecule has 0 aliphatic heterocycles. The summed E-state index contributed by atoms with van der Waals surface area (Å²) in [6.45, 7) is 0. The Bertz CT molecular complexity index is 823. The number of nitro groups is 1. The molecular weight excluding hydrogens is 423 g/mol. The molecule has 2 aromatic carbocycles. The van der Waals surface area contributed by atoms with Gasteiger partial charge in [-0.3, -0.25) is 14.8 Å². The molecule has 0 spiro atoms. The molecule has 9 heteroatoms. The fourth-order valence-electron chi connectivity index (χ4n) is 1.74. The maximum Gasteiger partial charge on any atom is 0.293 e. The summed E-state index contributed by atoms with van der Waals surface area (Å²) in [6.07, 6.45) is 0. The zero-order chi connectivity index (χ0) is 16.3. The van der Waals surface area contributed by atoms with Gasteiger partial charge in [0.25, 0.3) is 15.7 Å². The smallest absolute Gasteiger partial charge is 0.293 e. The summed E-state index contributed by atoms with van der Waals surface area (Å²) in [7, 11) is -2.74. The topological polar surface area (TPSA) is 98.5 Å². The number of nitrogens with one attached hydrogen (secondary N) is 1. The standard InChI is InChI=1S/C13H11IN2O5S/c1-21-9-6-7-13(12(8-9)16(17)18)22(19,20)15-11-5-3-2-4-10(11)14/h2-8,15H,1H3. The third-order valence-electron chi connectivity index (χ3n) is 2.77. The average Bonchev–Trinajstić information content (AvgIpc) is 2.48. The summed E-state index contributed by atoms with van der Waals surface area (Å²) in [5.41, 5.74) is -0.189. The van der Waals surface area contributed by atoms with Crippen LogP contribution in [-0.4, -0.2) is 20.5 Å². The Morgan fingerprint density at radius 2 is 1.91 bits per heavy atom. The van der Waals surface area contributed by atoms with Crippen LogP contribution in [0.3, 0.4) is 0 Å². The summed E-state index contributed by atoms with van der Waals surface area (Å²) in [5, 5.41) is 11.1. The van der Waals surface area contributed by atoms with Crippen LogP contribution in [0.4, 0.5) is 11.4 Å². The molecule has 2 aromatic rings.